The maximum atomic E-state index is 7.10. The van der Waals surface area contributed by atoms with Crippen LogP contribution in [0, 0.1) is 0 Å². The van der Waals surface area contributed by atoms with Crippen LogP contribution in [-0.2, 0) is 12.0 Å². The fourth-order valence-electron chi connectivity index (χ4n) is 9.22. The molecule has 0 aromatic heterocycles. The number of nitrogens with zero attached hydrogens (tertiary/aromatic N) is 1. The molecule has 0 radical (unpaired) electrons. The van der Waals surface area contributed by atoms with E-state index in [0.717, 1.165) is 38.7 Å². The Morgan fingerprint density at radius 1 is 0.508 bits per heavy atom. The first-order chi connectivity index (χ1) is 28.9. The molecule has 9 aromatic rings. The summed E-state index contributed by atoms with van der Waals surface area (Å²) in [5, 5.41) is 4.87. The number of hydrogen-bond donors (Lipinski definition) is 1. The van der Waals surface area contributed by atoms with Gasteiger partial charge in [-0.3, -0.25) is 4.99 Å². The van der Waals surface area contributed by atoms with E-state index < -0.39 is 0 Å². The molecule has 2 nitrogen and oxygen atoms in total. The summed E-state index contributed by atoms with van der Waals surface area (Å²) in [5.41, 5.74) is 24.3. The smallest absolute Gasteiger partial charge is 0.0671 e. The standard InChI is InChI=1S/C57H44N2/c1-57(2)52-34-31-40-19-9-10-22-46(40)55(52)51-26-14-25-47(56(51)57)42-29-27-41(28-30-42)45-32-33-50(49-24-12-11-23-48(45)49)53(58)36-54(59-37-38-15-5-3-6-16-38)44-21-13-20-43(35-44)39-17-7-4-8-18-39/h3-36H,37,58H2,1-2H3/b53-36-,59-54?. The number of benzene rings is 9. The molecule has 9 aromatic carbocycles. The zero-order valence-electron chi connectivity index (χ0n) is 33.4. The second-order valence-corrected chi connectivity index (χ2v) is 16.1. The number of rotatable bonds is 8. The minimum absolute atomic E-state index is 0.125. The van der Waals surface area contributed by atoms with Crippen molar-refractivity contribution >= 4 is 33.0 Å². The summed E-state index contributed by atoms with van der Waals surface area (Å²) in [6.45, 7) is 5.30. The first-order valence-corrected chi connectivity index (χ1v) is 20.4. The Labute approximate surface area is 346 Å². The molecule has 1 aliphatic rings. The number of hydrogen-bond acceptors (Lipinski definition) is 2. The van der Waals surface area contributed by atoms with Gasteiger partial charge in [0.05, 0.1) is 12.3 Å². The lowest BCUT2D eigenvalue weighted by Gasteiger charge is -2.24. The van der Waals surface area contributed by atoms with Crippen molar-refractivity contribution < 1.29 is 0 Å². The largest absolute Gasteiger partial charge is 0.398 e. The van der Waals surface area contributed by atoms with Gasteiger partial charge in [0.25, 0.3) is 0 Å². The summed E-state index contributed by atoms with van der Waals surface area (Å²) >= 11 is 0. The van der Waals surface area contributed by atoms with E-state index in [9.17, 15) is 0 Å². The lowest BCUT2D eigenvalue weighted by Crippen LogP contribution is -2.16. The molecule has 10 rings (SSSR count). The molecular formula is C57H44N2. The van der Waals surface area contributed by atoms with Crippen LogP contribution in [0.1, 0.15) is 41.7 Å². The molecule has 0 bridgehead atoms. The van der Waals surface area contributed by atoms with E-state index in [-0.39, 0.29) is 5.41 Å². The zero-order valence-corrected chi connectivity index (χ0v) is 33.4. The van der Waals surface area contributed by atoms with Crippen LogP contribution in [0.25, 0.3) is 71.7 Å². The summed E-state index contributed by atoms with van der Waals surface area (Å²) in [5.74, 6) is 0. The zero-order chi connectivity index (χ0) is 39.9. The van der Waals surface area contributed by atoms with Gasteiger partial charge < -0.3 is 5.73 Å². The van der Waals surface area contributed by atoms with E-state index in [1.54, 1.807) is 0 Å². The lowest BCUT2D eigenvalue weighted by molar-refractivity contribution is 0.662. The van der Waals surface area contributed by atoms with Crippen molar-refractivity contribution in [3.05, 3.63) is 234 Å². The number of nitrogens with two attached hydrogens (primary N) is 1. The van der Waals surface area contributed by atoms with Gasteiger partial charge in [-0.15, -0.1) is 0 Å². The Balaban J connectivity index is 1.01. The molecule has 1 aliphatic carbocycles. The van der Waals surface area contributed by atoms with Gasteiger partial charge in [0.1, 0.15) is 0 Å². The van der Waals surface area contributed by atoms with Crippen molar-refractivity contribution in [3.63, 3.8) is 0 Å². The van der Waals surface area contributed by atoms with Crippen molar-refractivity contribution in [2.75, 3.05) is 0 Å². The van der Waals surface area contributed by atoms with Crippen LogP contribution >= 0.6 is 0 Å². The van der Waals surface area contributed by atoms with Crippen LogP contribution in [-0.4, -0.2) is 5.71 Å². The maximum Gasteiger partial charge on any atom is 0.0671 e. The summed E-state index contributed by atoms with van der Waals surface area (Å²) in [7, 11) is 0. The molecule has 2 N–H and O–H groups in total. The second kappa shape index (κ2) is 14.9. The highest BCUT2D eigenvalue weighted by atomic mass is 14.7. The van der Waals surface area contributed by atoms with E-state index in [1.807, 2.05) is 18.2 Å². The van der Waals surface area contributed by atoms with E-state index in [2.05, 4.69) is 202 Å². The van der Waals surface area contributed by atoms with Gasteiger partial charge in [0, 0.05) is 22.2 Å². The third-order valence-corrected chi connectivity index (χ3v) is 12.1. The maximum absolute atomic E-state index is 7.10. The van der Waals surface area contributed by atoms with Gasteiger partial charge in [0.2, 0.25) is 0 Å². The highest BCUT2D eigenvalue weighted by Gasteiger charge is 2.38. The molecule has 2 heteroatoms. The molecule has 0 spiro atoms. The molecule has 0 amide bonds. The summed E-state index contributed by atoms with van der Waals surface area (Å²) in [6.07, 6.45) is 2.05. The third kappa shape index (κ3) is 6.53. The van der Waals surface area contributed by atoms with Gasteiger partial charge in [-0.2, -0.15) is 0 Å². The van der Waals surface area contributed by atoms with Crippen molar-refractivity contribution in [1.82, 2.24) is 0 Å². The van der Waals surface area contributed by atoms with Gasteiger partial charge in [-0.25, -0.2) is 0 Å². The molecule has 0 fully saturated rings. The summed E-state index contributed by atoms with van der Waals surface area (Å²) in [6, 6.07) is 71.7. The van der Waals surface area contributed by atoms with Crippen LogP contribution in [0.2, 0.25) is 0 Å². The lowest BCUT2D eigenvalue weighted by atomic mass is 9.78. The van der Waals surface area contributed by atoms with Crippen molar-refractivity contribution in [1.29, 1.82) is 0 Å². The minimum Gasteiger partial charge on any atom is -0.398 e. The Hall–Kier alpha value is -7.29. The van der Waals surface area contributed by atoms with Gasteiger partial charge in [-0.05, 0) is 94.9 Å². The number of fused-ring (bicyclic) bond motifs is 6. The van der Waals surface area contributed by atoms with E-state index in [4.69, 9.17) is 10.7 Å². The molecule has 0 saturated carbocycles. The molecule has 0 heterocycles. The van der Waals surface area contributed by atoms with Crippen LogP contribution < -0.4 is 5.73 Å². The van der Waals surface area contributed by atoms with Crippen molar-refractivity contribution in [2.24, 2.45) is 10.7 Å². The van der Waals surface area contributed by atoms with Crippen LogP contribution in [0.4, 0.5) is 0 Å². The Morgan fingerprint density at radius 2 is 1.14 bits per heavy atom. The molecule has 0 unspecified atom stereocenters. The predicted molar refractivity (Wildman–Crippen MR) is 251 cm³/mol. The predicted octanol–water partition coefficient (Wildman–Crippen LogP) is 14.3. The van der Waals surface area contributed by atoms with Gasteiger partial charge >= 0.3 is 0 Å². The quantitative estimate of drug-likeness (QED) is 0.154. The molecular weight excluding hydrogens is 713 g/mol. The fourth-order valence-corrected chi connectivity index (χ4v) is 9.22. The summed E-state index contributed by atoms with van der Waals surface area (Å²) < 4.78 is 0. The number of aliphatic imine (C=N–C) groups is 1. The first kappa shape index (κ1) is 36.1. The molecule has 0 aliphatic heterocycles. The van der Waals surface area contributed by atoms with Crippen LogP contribution in [0.5, 0.6) is 0 Å². The third-order valence-electron chi connectivity index (χ3n) is 12.1. The van der Waals surface area contributed by atoms with Crippen LogP contribution in [0.3, 0.4) is 0 Å². The number of allylic oxidation sites excluding steroid dienone is 1. The highest BCUT2D eigenvalue weighted by molar-refractivity contribution is 6.14. The van der Waals surface area contributed by atoms with Gasteiger partial charge in [0.15, 0.2) is 0 Å². The van der Waals surface area contributed by atoms with Crippen molar-refractivity contribution in [2.45, 2.75) is 25.8 Å². The summed E-state index contributed by atoms with van der Waals surface area (Å²) in [4.78, 5) is 5.16. The first-order valence-electron chi connectivity index (χ1n) is 20.4. The molecule has 282 valence electrons. The molecule has 0 atom stereocenters. The Bertz CT molecular complexity index is 3080. The van der Waals surface area contributed by atoms with E-state index in [0.29, 0.717) is 12.2 Å². The minimum atomic E-state index is -0.125. The second-order valence-electron chi connectivity index (χ2n) is 16.1. The topological polar surface area (TPSA) is 38.4 Å². The molecule has 59 heavy (non-hydrogen) atoms. The SMILES string of the molecule is CC1(C)c2ccc3ccccc3c2-c2cccc(-c3ccc(-c4ccc(/C(N)=C/C(=NCc5ccccc5)c5cccc(-c6ccccc6)c5)c5ccccc45)cc3)c21. The average Bonchev–Trinajstić information content (AvgIpc) is 3.54. The normalized spacial score (nSPS) is 13.4. The average molecular weight is 757 g/mol. The Kier molecular flexibility index (Phi) is 9.11. The van der Waals surface area contributed by atoms with Crippen molar-refractivity contribution in [3.8, 4) is 44.5 Å². The Morgan fingerprint density at radius 3 is 1.92 bits per heavy atom. The monoisotopic (exact) mass is 756 g/mol. The highest BCUT2D eigenvalue weighted by Crippen LogP contribution is 2.54. The molecule has 0 saturated heterocycles. The van der Waals surface area contributed by atoms with Crippen LogP contribution in [0.15, 0.2) is 211 Å². The van der Waals surface area contributed by atoms with E-state index >= 15 is 0 Å². The van der Waals surface area contributed by atoms with Gasteiger partial charge in [-0.1, -0.05) is 208 Å². The fraction of sp³-hybridized carbons (Fsp3) is 0.0702. The van der Waals surface area contributed by atoms with E-state index in [1.165, 1.54) is 60.8 Å².